The Morgan fingerprint density at radius 3 is 2.18 bits per heavy atom. The predicted molar refractivity (Wildman–Crippen MR) is 123 cm³/mol. The zero-order valence-electron chi connectivity index (χ0n) is 18.7. The van der Waals surface area contributed by atoms with E-state index in [1.807, 2.05) is 49.3 Å². The number of nitrogens with one attached hydrogen (secondary N) is 1. The quantitative estimate of drug-likeness (QED) is 0.485. The van der Waals surface area contributed by atoms with Crippen LogP contribution in [0.1, 0.15) is 26.3 Å². The number of hydrogen-bond donors (Lipinski definition) is 1. The van der Waals surface area contributed by atoms with E-state index in [9.17, 15) is 22.8 Å². The molecular weight excluding hydrogens is 447 g/mol. The molecule has 0 spiro atoms. The molecule has 0 heterocycles. The predicted octanol–water partition coefficient (Wildman–Crippen LogP) is 4.68. The third-order valence-corrected chi connectivity index (χ3v) is 4.71. The Hall–Kier alpha value is -3.85. The maximum atomic E-state index is 13.2. The smallest absolute Gasteiger partial charge is 0.406 e. The number of benzene rings is 3. The summed E-state index contributed by atoms with van der Waals surface area (Å²) < 4.78 is 40.6. The van der Waals surface area contributed by atoms with E-state index in [2.05, 4.69) is 10.1 Å². The van der Waals surface area contributed by atoms with Crippen LogP contribution in [0.25, 0.3) is 0 Å². The van der Waals surface area contributed by atoms with Gasteiger partial charge in [0.1, 0.15) is 5.75 Å². The van der Waals surface area contributed by atoms with Crippen molar-refractivity contribution >= 4 is 17.5 Å². The Kier molecular flexibility index (Phi) is 7.91. The van der Waals surface area contributed by atoms with Crippen LogP contribution in [0.4, 0.5) is 18.9 Å². The van der Waals surface area contributed by atoms with Crippen molar-refractivity contribution in [1.29, 1.82) is 0 Å². The van der Waals surface area contributed by atoms with Gasteiger partial charge in [-0.15, -0.1) is 13.2 Å². The minimum absolute atomic E-state index is 0.139. The number of ether oxygens (including phenoxy) is 1. The lowest BCUT2D eigenvalue weighted by atomic mass is 10.1. The van der Waals surface area contributed by atoms with Gasteiger partial charge >= 0.3 is 6.36 Å². The highest BCUT2D eigenvalue weighted by atomic mass is 19.4. The summed E-state index contributed by atoms with van der Waals surface area (Å²) in [4.78, 5) is 29.2. The average molecular weight is 471 g/mol. The summed E-state index contributed by atoms with van der Waals surface area (Å²) in [6.07, 6.45) is -4.80. The molecule has 0 fully saturated rings. The van der Waals surface area contributed by atoms with Crippen molar-refractivity contribution in [2.75, 3.05) is 25.7 Å². The van der Waals surface area contributed by atoms with E-state index in [1.165, 1.54) is 12.1 Å². The second-order valence-electron chi connectivity index (χ2n) is 7.75. The van der Waals surface area contributed by atoms with Crippen LogP contribution in [0, 0.1) is 0 Å². The molecular formula is C25H24F3N3O3. The summed E-state index contributed by atoms with van der Waals surface area (Å²) in [6.45, 7) is 0.525. The lowest BCUT2D eigenvalue weighted by molar-refractivity contribution is -0.274. The third-order valence-electron chi connectivity index (χ3n) is 4.71. The number of rotatable bonds is 8. The van der Waals surface area contributed by atoms with E-state index < -0.39 is 18.0 Å². The van der Waals surface area contributed by atoms with Crippen molar-refractivity contribution in [3.8, 4) is 5.75 Å². The molecule has 6 nitrogen and oxygen atoms in total. The molecule has 34 heavy (non-hydrogen) atoms. The molecule has 0 radical (unpaired) electrons. The number of nitrogens with zero attached hydrogens (tertiary/aromatic N) is 2. The third kappa shape index (κ3) is 7.08. The van der Waals surface area contributed by atoms with Gasteiger partial charge in [-0.05, 0) is 68.2 Å². The van der Waals surface area contributed by atoms with Crippen LogP contribution in [0.2, 0.25) is 0 Å². The molecule has 3 rings (SSSR count). The SMILES string of the molecule is CN(C)CN(C(=O)c1cccc(CNC(=O)c2ccc(OC(F)(F)F)cc2)c1)c1ccccc1. The molecule has 1 N–H and O–H groups in total. The van der Waals surface area contributed by atoms with Crippen LogP contribution in [0.15, 0.2) is 78.9 Å². The molecule has 3 aromatic rings. The number of halogens is 3. The number of amides is 2. The number of para-hydroxylation sites is 1. The summed E-state index contributed by atoms with van der Waals surface area (Å²) in [5.41, 5.74) is 2.11. The van der Waals surface area contributed by atoms with Crippen molar-refractivity contribution in [3.63, 3.8) is 0 Å². The fourth-order valence-electron chi connectivity index (χ4n) is 3.22. The van der Waals surface area contributed by atoms with Crippen LogP contribution in [0.5, 0.6) is 5.75 Å². The molecule has 0 aromatic heterocycles. The van der Waals surface area contributed by atoms with E-state index in [0.717, 1.165) is 17.8 Å². The zero-order valence-corrected chi connectivity index (χ0v) is 18.7. The van der Waals surface area contributed by atoms with Crippen molar-refractivity contribution in [2.24, 2.45) is 0 Å². The number of alkyl halides is 3. The minimum Gasteiger partial charge on any atom is -0.406 e. The van der Waals surface area contributed by atoms with Gasteiger partial charge in [-0.25, -0.2) is 0 Å². The molecule has 2 amide bonds. The molecule has 0 unspecified atom stereocenters. The molecule has 0 bridgehead atoms. The van der Waals surface area contributed by atoms with Gasteiger partial charge in [0.15, 0.2) is 0 Å². The van der Waals surface area contributed by atoms with Crippen LogP contribution in [-0.2, 0) is 6.54 Å². The van der Waals surface area contributed by atoms with Gasteiger partial charge < -0.3 is 10.1 Å². The summed E-state index contributed by atoms with van der Waals surface area (Å²) >= 11 is 0. The highest BCUT2D eigenvalue weighted by Gasteiger charge is 2.31. The zero-order chi connectivity index (χ0) is 24.7. The molecule has 0 aliphatic heterocycles. The van der Waals surface area contributed by atoms with Crippen LogP contribution in [-0.4, -0.2) is 43.8 Å². The van der Waals surface area contributed by atoms with Gasteiger partial charge in [-0.3, -0.25) is 19.4 Å². The second kappa shape index (κ2) is 10.8. The summed E-state index contributed by atoms with van der Waals surface area (Å²) in [5.74, 6) is -1.06. The van der Waals surface area contributed by atoms with Gasteiger partial charge in [0.25, 0.3) is 11.8 Å². The topological polar surface area (TPSA) is 61.9 Å². The average Bonchev–Trinajstić information content (AvgIpc) is 2.80. The first kappa shape index (κ1) is 24.8. The Balaban J connectivity index is 1.68. The Bertz CT molecular complexity index is 1120. The van der Waals surface area contributed by atoms with Gasteiger partial charge in [0.2, 0.25) is 0 Å². The standard InChI is InChI=1S/C25H24F3N3O3/c1-30(2)17-31(21-9-4-3-5-10-21)24(33)20-8-6-7-18(15-20)16-29-23(32)19-11-13-22(14-12-19)34-25(26,27)28/h3-15H,16-17H2,1-2H3,(H,29,32). The van der Waals surface area contributed by atoms with Crippen molar-refractivity contribution < 1.29 is 27.5 Å². The molecule has 0 aliphatic rings. The van der Waals surface area contributed by atoms with Gasteiger partial charge in [0.05, 0.1) is 6.67 Å². The molecule has 9 heteroatoms. The molecule has 3 aromatic carbocycles. The largest absolute Gasteiger partial charge is 0.573 e. The normalized spacial score (nSPS) is 11.2. The van der Waals surface area contributed by atoms with E-state index >= 15 is 0 Å². The van der Waals surface area contributed by atoms with Crippen LogP contribution < -0.4 is 15.0 Å². The monoisotopic (exact) mass is 471 g/mol. The fourth-order valence-corrected chi connectivity index (χ4v) is 3.22. The number of carbonyl (C=O) groups is 2. The van der Waals surface area contributed by atoms with E-state index in [-0.39, 0.29) is 18.0 Å². The second-order valence-corrected chi connectivity index (χ2v) is 7.75. The van der Waals surface area contributed by atoms with Crippen molar-refractivity contribution in [3.05, 3.63) is 95.6 Å². The Labute approximate surface area is 195 Å². The molecule has 0 aliphatic carbocycles. The van der Waals surface area contributed by atoms with Gasteiger partial charge in [-0.2, -0.15) is 0 Å². The number of anilines is 1. The fraction of sp³-hybridized carbons (Fsp3) is 0.200. The summed E-state index contributed by atoms with van der Waals surface area (Å²) in [7, 11) is 3.74. The van der Waals surface area contributed by atoms with E-state index in [4.69, 9.17) is 0 Å². The minimum atomic E-state index is -4.80. The maximum Gasteiger partial charge on any atom is 0.573 e. The van der Waals surface area contributed by atoms with Gasteiger partial charge in [-0.1, -0.05) is 30.3 Å². The lowest BCUT2D eigenvalue weighted by Crippen LogP contribution is -2.38. The number of hydrogen-bond acceptors (Lipinski definition) is 4. The Morgan fingerprint density at radius 2 is 1.56 bits per heavy atom. The first-order valence-electron chi connectivity index (χ1n) is 10.4. The highest BCUT2D eigenvalue weighted by molar-refractivity contribution is 6.06. The molecule has 0 saturated carbocycles. The van der Waals surface area contributed by atoms with Crippen LogP contribution in [0.3, 0.4) is 0 Å². The van der Waals surface area contributed by atoms with E-state index in [0.29, 0.717) is 17.8 Å². The van der Waals surface area contributed by atoms with Crippen molar-refractivity contribution in [1.82, 2.24) is 10.2 Å². The lowest BCUT2D eigenvalue weighted by Gasteiger charge is -2.26. The highest BCUT2D eigenvalue weighted by Crippen LogP contribution is 2.23. The van der Waals surface area contributed by atoms with E-state index in [1.54, 1.807) is 29.2 Å². The van der Waals surface area contributed by atoms with Gasteiger partial charge in [0, 0.05) is 23.4 Å². The maximum absolute atomic E-state index is 13.2. The first-order valence-corrected chi connectivity index (χ1v) is 10.4. The molecule has 0 atom stereocenters. The first-order chi connectivity index (χ1) is 16.1. The Morgan fingerprint density at radius 1 is 0.882 bits per heavy atom. The molecule has 0 saturated heterocycles. The molecule has 178 valence electrons. The van der Waals surface area contributed by atoms with Crippen LogP contribution >= 0.6 is 0 Å². The van der Waals surface area contributed by atoms with Crippen molar-refractivity contribution in [2.45, 2.75) is 12.9 Å². The number of carbonyl (C=O) groups excluding carboxylic acids is 2. The summed E-state index contributed by atoms with van der Waals surface area (Å²) in [6, 6.07) is 20.9. The summed E-state index contributed by atoms with van der Waals surface area (Å²) in [5, 5.41) is 2.71.